The van der Waals surface area contributed by atoms with Crippen molar-refractivity contribution in [3.05, 3.63) is 53.8 Å². The van der Waals surface area contributed by atoms with Gasteiger partial charge in [-0.15, -0.1) is 0 Å². The standard InChI is InChI=1S/C20H22FN3O2/c1-13-7-8-15-5-3-4-6-19(15)24(13)20(26)12-22-16-9-10-17(21)18(11-16)23-14(2)25/h3-6,9-11,13,22H,7-8,12H2,1-2H3,(H,23,25). The van der Waals surface area contributed by atoms with Crippen LogP contribution in [0.2, 0.25) is 0 Å². The number of halogens is 1. The maximum atomic E-state index is 13.7. The Hall–Kier alpha value is -2.89. The molecule has 2 aromatic rings. The summed E-state index contributed by atoms with van der Waals surface area (Å²) >= 11 is 0. The Labute approximate surface area is 152 Å². The third-order valence-corrected chi connectivity index (χ3v) is 4.51. The quantitative estimate of drug-likeness (QED) is 0.881. The summed E-state index contributed by atoms with van der Waals surface area (Å²) in [7, 11) is 0. The lowest BCUT2D eigenvalue weighted by molar-refractivity contribution is -0.117. The molecule has 1 heterocycles. The van der Waals surface area contributed by atoms with Crippen molar-refractivity contribution in [1.29, 1.82) is 0 Å². The maximum absolute atomic E-state index is 13.7. The minimum Gasteiger partial charge on any atom is -0.376 e. The number of benzene rings is 2. The molecule has 136 valence electrons. The summed E-state index contributed by atoms with van der Waals surface area (Å²) in [5.41, 5.74) is 2.79. The second kappa shape index (κ2) is 7.56. The number of carbonyl (C=O) groups is 2. The van der Waals surface area contributed by atoms with Gasteiger partial charge in [0.2, 0.25) is 11.8 Å². The van der Waals surface area contributed by atoms with Crippen molar-refractivity contribution in [3.8, 4) is 0 Å². The van der Waals surface area contributed by atoms with E-state index in [1.807, 2.05) is 30.0 Å². The number of nitrogens with zero attached hydrogens (tertiary/aromatic N) is 1. The molecule has 3 rings (SSSR count). The van der Waals surface area contributed by atoms with Crippen molar-refractivity contribution >= 4 is 28.9 Å². The second-order valence-electron chi connectivity index (χ2n) is 6.51. The lowest BCUT2D eigenvalue weighted by atomic mass is 9.96. The zero-order chi connectivity index (χ0) is 18.7. The maximum Gasteiger partial charge on any atom is 0.246 e. The Morgan fingerprint density at radius 1 is 1.23 bits per heavy atom. The smallest absolute Gasteiger partial charge is 0.246 e. The Morgan fingerprint density at radius 2 is 2.00 bits per heavy atom. The molecule has 0 fully saturated rings. The van der Waals surface area contributed by atoms with Crippen molar-refractivity contribution in [2.75, 3.05) is 22.1 Å². The van der Waals surface area contributed by atoms with E-state index in [-0.39, 0.29) is 30.1 Å². The molecule has 1 aliphatic heterocycles. The molecule has 1 aliphatic rings. The van der Waals surface area contributed by atoms with Crippen molar-refractivity contribution in [2.45, 2.75) is 32.7 Å². The molecule has 0 saturated carbocycles. The Kier molecular flexibility index (Phi) is 5.21. The van der Waals surface area contributed by atoms with Crippen LogP contribution in [0.25, 0.3) is 0 Å². The third-order valence-electron chi connectivity index (χ3n) is 4.51. The summed E-state index contributed by atoms with van der Waals surface area (Å²) in [6.07, 6.45) is 1.89. The highest BCUT2D eigenvalue weighted by Crippen LogP contribution is 2.30. The van der Waals surface area contributed by atoms with Crippen molar-refractivity contribution in [2.24, 2.45) is 0 Å². The summed E-state index contributed by atoms with van der Waals surface area (Å²) in [6, 6.07) is 12.4. The molecule has 1 atom stereocenters. The van der Waals surface area contributed by atoms with E-state index in [0.29, 0.717) is 5.69 Å². The van der Waals surface area contributed by atoms with Gasteiger partial charge in [-0.05, 0) is 49.6 Å². The zero-order valence-corrected chi connectivity index (χ0v) is 14.9. The van der Waals surface area contributed by atoms with Gasteiger partial charge >= 0.3 is 0 Å². The molecule has 2 amide bonds. The number of para-hydroxylation sites is 1. The van der Waals surface area contributed by atoms with Crippen LogP contribution in [0.4, 0.5) is 21.5 Å². The number of amides is 2. The first-order chi connectivity index (χ1) is 12.5. The molecule has 2 aromatic carbocycles. The van der Waals surface area contributed by atoms with Gasteiger partial charge in [-0.1, -0.05) is 18.2 Å². The summed E-state index contributed by atoms with van der Waals surface area (Å²) in [5.74, 6) is -0.915. The highest BCUT2D eigenvalue weighted by Gasteiger charge is 2.27. The van der Waals surface area contributed by atoms with Crippen molar-refractivity contribution in [1.82, 2.24) is 0 Å². The molecule has 0 spiro atoms. The SMILES string of the molecule is CC(=O)Nc1cc(NCC(=O)N2c3ccccc3CCC2C)ccc1F. The molecule has 6 heteroatoms. The van der Waals surface area contributed by atoms with Gasteiger partial charge in [0.1, 0.15) is 5.82 Å². The van der Waals surface area contributed by atoms with Crippen molar-refractivity contribution in [3.63, 3.8) is 0 Å². The largest absolute Gasteiger partial charge is 0.376 e. The van der Waals surface area contributed by atoms with Gasteiger partial charge in [0.05, 0.1) is 12.2 Å². The number of nitrogens with one attached hydrogen (secondary N) is 2. The Morgan fingerprint density at radius 3 is 2.77 bits per heavy atom. The minimum absolute atomic E-state index is 0.0462. The summed E-state index contributed by atoms with van der Waals surface area (Å²) in [6.45, 7) is 3.45. The van der Waals surface area contributed by atoms with E-state index in [1.165, 1.54) is 24.6 Å². The van der Waals surface area contributed by atoms with Gasteiger partial charge in [0.25, 0.3) is 0 Å². The van der Waals surface area contributed by atoms with E-state index >= 15 is 0 Å². The monoisotopic (exact) mass is 355 g/mol. The normalized spacial score (nSPS) is 16.0. The molecule has 0 aromatic heterocycles. The minimum atomic E-state index is -0.518. The molecule has 2 N–H and O–H groups in total. The number of fused-ring (bicyclic) bond motifs is 1. The van der Waals surface area contributed by atoms with Gasteiger partial charge in [-0.3, -0.25) is 9.59 Å². The predicted octanol–water partition coefficient (Wildman–Crippen LogP) is 3.56. The lowest BCUT2D eigenvalue weighted by Gasteiger charge is -2.35. The highest BCUT2D eigenvalue weighted by molar-refractivity contribution is 5.98. The molecule has 1 unspecified atom stereocenters. The van der Waals surface area contributed by atoms with Crippen LogP contribution in [0.15, 0.2) is 42.5 Å². The fourth-order valence-corrected chi connectivity index (χ4v) is 3.25. The van der Waals surface area contributed by atoms with E-state index in [4.69, 9.17) is 0 Å². The van der Waals surface area contributed by atoms with E-state index in [2.05, 4.69) is 16.7 Å². The van der Waals surface area contributed by atoms with Gasteiger partial charge in [0, 0.05) is 24.3 Å². The average molecular weight is 355 g/mol. The first-order valence-electron chi connectivity index (χ1n) is 8.66. The van der Waals surface area contributed by atoms with Crippen LogP contribution >= 0.6 is 0 Å². The lowest BCUT2D eigenvalue weighted by Crippen LogP contribution is -2.44. The number of hydrogen-bond donors (Lipinski definition) is 2. The summed E-state index contributed by atoms with van der Waals surface area (Å²) in [4.78, 5) is 25.8. The van der Waals surface area contributed by atoms with Crippen LogP contribution in [-0.4, -0.2) is 24.4 Å². The highest BCUT2D eigenvalue weighted by atomic mass is 19.1. The van der Waals surface area contributed by atoms with Crippen LogP contribution in [0.1, 0.15) is 25.8 Å². The van der Waals surface area contributed by atoms with Crippen LogP contribution < -0.4 is 15.5 Å². The molecular formula is C20H22FN3O2. The van der Waals surface area contributed by atoms with E-state index in [9.17, 15) is 14.0 Å². The van der Waals surface area contributed by atoms with E-state index in [1.54, 1.807) is 6.07 Å². The van der Waals surface area contributed by atoms with Crippen LogP contribution in [0.5, 0.6) is 0 Å². The number of rotatable bonds is 4. The first-order valence-corrected chi connectivity index (χ1v) is 8.66. The number of anilines is 3. The molecule has 0 bridgehead atoms. The Balaban J connectivity index is 1.72. The predicted molar refractivity (Wildman–Crippen MR) is 101 cm³/mol. The number of hydrogen-bond acceptors (Lipinski definition) is 3. The average Bonchev–Trinajstić information content (AvgIpc) is 2.61. The van der Waals surface area contributed by atoms with E-state index < -0.39 is 5.82 Å². The second-order valence-corrected chi connectivity index (χ2v) is 6.51. The zero-order valence-electron chi connectivity index (χ0n) is 14.9. The van der Waals surface area contributed by atoms with Crippen LogP contribution in [0.3, 0.4) is 0 Å². The topological polar surface area (TPSA) is 61.4 Å². The summed E-state index contributed by atoms with van der Waals surface area (Å²) < 4.78 is 13.7. The molecule has 0 radical (unpaired) electrons. The first kappa shape index (κ1) is 17.9. The number of aryl methyl sites for hydroxylation is 1. The van der Waals surface area contributed by atoms with Crippen LogP contribution in [0, 0.1) is 5.82 Å². The molecular weight excluding hydrogens is 333 g/mol. The van der Waals surface area contributed by atoms with Gasteiger partial charge in [0.15, 0.2) is 0 Å². The molecule has 26 heavy (non-hydrogen) atoms. The molecule has 0 saturated heterocycles. The molecule has 0 aliphatic carbocycles. The van der Waals surface area contributed by atoms with Gasteiger partial charge in [-0.25, -0.2) is 4.39 Å². The van der Waals surface area contributed by atoms with Crippen molar-refractivity contribution < 1.29 is 14.0 Å². The Bertz CT molecular complexity index is 838. The fourth-order valence-electron chi connectivity index (χ4n) is 3.25. The van der Waals surface area contributed by atoms with Gasteiger partial charge in [-0.2, -0.15) is 0 Å². The van der Waals surface area contributed by atoms with Crippen LogP contribution in [-0.2, 0) is 16.0 Å². The van der Waals surface area contributed by atoms with E-state index in [0.717, 1.165) is 18.5 Å². The molecule has 5 nitrogen and oxygen atoms in total. The fraction of sp³-hybridized carbons (Fsp3) is 0.300. The third kappa shape index (κ3) is 3.85. The summed E-state index contributed by atoms with van der Waals surface area (Å²) in [5, 5.41) is 5.46. The van der Waals surface area contributed by atoms with Gasteiger partial charge < -0.3 is 15.5 Å². The number of carbonyl (C=O) groups excluding carboxylic acids is 2.